The van der Waals surface area contributed by atoms with Gasteiger partial charge in [0, 0.05) is 8.04 Å². The third-order valence-corrected chi connectivity index (χ3v) is 4.73. The summed E-state index contributed by atoms with van der Waals surface area (Å²) in [5.74, 6) is 0.552. The van der Waals surface area contributed by atoms with Gasteiger partial charge in [0.25, 0.3) is 0 Å². The molecule has 1 unspecified atom stereocenters. The first-order chi connectivity index (χ1) is 8.99. The number of nitrogens with two attached hydrogens (primary N) is 1. The Morgan fingerprint density at radius 3 is 2.16 bits per heavy atom. The molecular formula is C16H17BrIN. The number of rotatable bonds is 3. The van der Waals surface area contributed by atoms with Gasteiger partial charge in [0.2, 0.25) is 0 Å². The minimum Gasteiger partial charge on any atom is -0.320 e. The van der Waals surface area contributed by atoms with Gasteiger partial charge in [-0.25, -0.2) is 0 Å². The van der Waals surface area contributed by atoms with Crippen LogP contribution in [0.2, 0.25) is 0 Å². The molecule has 100 valence electrons. The molecule has 0 aliphatic rings. The van der Waals surface area contributed by atoms with E-state index in [4.69, 9.17) is 5.73 Å². The van der Waals surface area contributed by atoms with Crippen molar-refractivity contribution in [1.29, 1.82) is 0 Å². The van der Waals surface area contributed by atoms with Crippen molar-refractivity contribution in [2.45, 2.75) is 25.8 Å². The van der Waals surface area contributed by atoms with Gasteiger partial charge in [-0.3, -0.25) is 0 Å². The van der Waals surface area contributed by atoms with Gasteiger partial charge in [-0.15, -0.1) is 0 Å². The highest BCUT2D eigenvalue weighted by atomic mass is 127. The fourth-order valence-electron chi connectivity index (χ4n) is 2.02. The molecule has 0 saturated carbocycles. The molecular weight excluding hydrogens is 413 g/mol. The van der Waals surface area contributed by atoms with Crippen LogP contribution < -0.4 is 5.73 Å². The van der Waals surface area contributed by atoms with E-state index in [1.165, 1.54) is 9.13 Å². The molecule has 2 aromatic carbocycles. The molecule has 3 heteroatoms. The minimum absolute atomic E-state index is 0.0781. The maximum atomic E-state index is 6.39. The second-order valence-electron chi connectivity index (χ2n) is 4.96. The first kappa shape index (κ1) is 15.0. The Kier molecular flexibility index (Phi) is 5.03. The van der Waals surface area contributed by atoms with Crippen molar-refractivity contribution >= 4 is 38.5 Å². The van der Waals surface area contributed by atoms with Crippen LogP contribution in [0.5, 0.6) is 0 Å². The van der Waals surface area contributed by atoms with Gasteiger partial charge >= 0.3 is 0 Å². The molecule has 0 bridgehead atoms. The highest BCUT2D eigenvalue weighted by Crippen LogP contribution is 2.28. The van der Waals surface area contributed by atoms with E-state index in [0.717, 1.165) is 15.6 Å². The lowest BCUT2D eigenvalue weighted by atomic mass is 9.96. The third kappa shape index (κ3) is 3.58. The van der Waals surface area contributed by atoms with Gasteiger partial charge < -0.3 is 5.73 Å². The molecule has 0 aliphatic carbocycles. The predicted molar refractivity (Wildman–Crippen MR) is 93.4 cm³/mol. The zero-order valence-corrected chi connectivity index (χ0v) is 14.8. The van der Waals surface area contributed by atoms with Gasteiger partial charge in [-0.1, -0.05) is 54.0 Å². The molecule has 2 N–H and O–H groups in total. The van der Waals surface area contributed by atoms with Crippen LogP contribution in [0.15, 0.2) is 46.9 Å². The number of hydrogen-bond acceptors (Lipinski definition) is 1. The summed E-state index contributed by atoms with van der Waals surface area (Å²) in [5, 5.41) is 0. The lowest BCUT2D eigenvalue weighted by molar-refractivity contribution is 0.844. The van der Waals surface area contributed by atoms with Crippen LogP contribution in [0, 0.1) is 3.57 Å². The van der Waals surface area contributed by atoms with Crippen molar-refractivity contribution in [3.63, 3.8) is 0 Å². The standard InChI is InChI=1S/C16H17BrIN/c1-10(2)11-3-5-12(6-4-11)16(19)14-9-13(17)7-8-15(14)18/h3-10,16H,19H2,1-2H3. The van der Waals surface area contributed by atoms with Gasteiger partial charge in [0.15, 0.2) is 0 Å². The molecule has 1 nitrogen and oxygen atoms in total. The van der Waals surface area contributed by atoms with Crippen molar-refractivity contribution in [3.05, 3.63) is 67.2 Å². The van der Waals surface area contributed by atoms with E-state index in [0.29, 0.717) is 5.92 Å². The molecule has 1 atom stereocenters. The Hall–Kier alpha value is -0.390. The molecule has 0 radical (unpaired) electrons. The number of benzene rings is 2. The largest absolute Gasteiger partial charge is 0.320 e. The van der Waals surface area contributed by atoms with Gasteiger partial charge in [0.1, 0.15) is 0 Å². The van der Waals surface area contributed by atoms with Crippen LogP contribution in [0.3, 0.4) is 0 Å². The first-order valence-electron chi connectivity index (χ1n) is 6.29. The summed E-state index contributed by atoms with van der Waals surface area (Å²) in [7, 11) is 0. The van der Waals surface area contributed by atoms with Crippen molar-refractivity contribution < 1.29 is 0 Å². The maximum Gasteiger partial charge on any atom is 0.0562 e. The number of hydrogen-bond donors (Lipinski definition) is 1. The van der Waals surface area contributed by atoms with E-state index in [2.05, 4.69) is 88.8 Å². The molecule has 0 amide bonds. The summed E-state index contributed by atoms with van der Waals surface area (Å²) in [5.41, 5.74) is 10.0. The molecule has 0 spiro atoms. The minimum atomic E-state index is -0.0781. The quantitative estimate of drug-likeness (QED) is 0.664. The molecule has 0 aromatic heterocycles. The van der Waals surface area contributed by atoms with E-state index in [-0.39, 0.29) is 6.04 Å². The Balaban J connectivity index is 2.33. The normalized spacial score (nSPS) is 12.7. The van der Waals surface area contributed by atoms with Crippen LogP contribution in [0.1, 0.15) is 42.5 Å². The molecule has 0 heterocycles. The summed E-state index contributed by atoms with van der Waals surface area (Å²) in [4.78, 5) is 0. The van der Waals surface area contributed by atoms with E-state index in [1.807, 2.05) is 6.07 Å². The van der Waals surface area contributed by atoms with E-state index in [1.54, 1.807) is 0 Å². The average Bonchev–Trinajstić information content (AvgIpc) is 2.41. The zero-order chi connectivity index (χ0) is 14.0. The monoisotopic (exact) mass is 429 g/mol. The van der Waals surface area contributed by atoms with Gasteiger partial charge in [-0.2, -0.15) is 0 Å². The summed E-state index contributed by atoms with van der Waals surface area (Å²) >= 11 is 5.84. The second kappa shape index (κ2) is 6.37. The average molecular weight is 430 g/mol. The summed E-state index contributed by atoms with van der Waals surface area (Å²) in [6.07, 6.45) is 0. The predicted octanol–water partition coefficient (Wildman–Crippen LogP) is 5.23. The molecule has 2 rings (SSSR count). The first-order valence-corrected chi connectivity index (χ1v) is 8.16. The van der Waals surface area contributed by atoms with E-state index < -0.39 is 0 Å². The van der Waals surface area contributed by atoms with Crippen LogP contribution >= 0.6 is 38.5 Å². The second-order valence-corrected chi connectivity index (χ2v) is 7.04. The summed E-state index contributed by atoms with van der Waals surface area (Å²) < 4.78 is 2.26. The molecule has 0 aliphatic heterocycles. The summed E-state index contributed by atoms with van der Waals surface area (Å²) in [6.45, 7) is 4.40. The van der Waals surface area contributed by atoms with Crippen LogP contribution in [0.4, 0.5) is 0 Å². The van der Waals surface area contributed by atoms with E-state index in [9.17, 15) is 0 Å². The molecule has 0 fully saturated rings. The van der Waals surface area contributed by atoms with Crippen LogP contribution in [-0.2, 0) is 0 Å². The van der Waals surface area contributed by atoms with Gasteiger partial charge in [0.05, 0.1) is 6.04 Å². The van der Waals surface area contributed by atoms with E-state index >= 15 is 0 Å². The fourth-order valence-corrected chi connectivity index (χ4v) is 3.07. The lowest BCUT2D eigenvalue weighted by Gasteiger charge is -2.16. The molecule has 0 saturated heterocycles. The van der Waals surface area contributed by atoms with Gasteiger partial charge in [-0.05, 0) is 63.4 Å². The Morgan fingerprint density at radius 2 is 1.58 bits per heavy atom. The Labute approximate surface area is 136 Å². The molecule has 2 aromatic rings. The van der Waals surface area contributed by atoms with Crippen LogP contribution in [0.25, 0.3) is 0 Å². The fraction of sp³-hybridized carbons (Fsp3) is 0.250. The highest BCUT2D eigenvalue weighted by molar-refractivity contribution is 14.1. The smallest absolute Gasteiger partial charge is 0.0562 e. The topological polar surface area (TPSA) is 26.0 Å². The Morgan fingerprint density at radius 1 is 1.00 bits per heavy atom. The van der Waals surface area contributed by atoms with Crippen LogP contribution in [-0.4, -0.2) is 0 Å². The van der Waals surface area contributed by atoms with Crippen molar-refractivity contribution in [3.8, 4) is 0 Å². The lowest BCUT2D eigenvalue weighted by Crippen LogP contribution is -2.13. The Bertz CT molecular complexity index is 563. The zero-order valence-electron chi connectivity index (χ0n) is 11.0. The SMILES string of the molecule is CC(C)c1ccc(C(N)c2cc(Br)ccc2I)cc1. The van der Waals surface area contributed by atoms with Crippen molar-refractivity contribution in [2.75, 3.05) is 0 Å². The third-order valence-electron chi connectivity index (χ3n) is 3.26. The van der Waals surface area contributed by atoms with Crippen molar-refractivity contribution in [1.82, 2.24) is 0 Å². The maximum absolute atomic E-state index is 6.39. The summed E-state index contributed by atoms with van der Waals surface area (Å²) in [6, 6.07) is 14.8. The highest BCUT2D eigenvalue weighted by Gasteiger charge is 2.13. The number of halogens is 2. The van der Waals surface area contributed by atoms with Crippen molar-refractivity contribution in [2.24, 2.45) is 5.73 Å². The molecule has 19 heavy (non-hydrogen) atoms.